The molecule has 1 saturated heterocycles. The maximum absolute atomic E-state index is 12.5. The van der Waals surface area contributed by atoms with Gasteiger partial charge in [0.15, 0.2) is 0 Å². The second-order valence-electron chi connectivity index (χ2n) is 6.61. The summed E-state index contributed by atoms with van der Waals surface area (Å²) < 4.78 is 5.24. The number of para-hydroxylation sites is 2. The summed E-state index contributed by atoms with van der Waals surface area (Å²) in [5, 5.41) is 12.2. The zero-order chi connectivity index (χ0) is 19.8. The first-order valence-corrected chi connectivity index (χ1v) is 9.26. The number of anilines is 1. The number of nitriles is 1. The number of amides is 1. The molecule has 6 heteroatoms. The average Bonchev–Trinajstić information content (AvgIpc) is 2.74. The molecule has 1 N–H and O–H groups in total. The zero-order valence-electron chi connectivity index (χ0n) is 16.0. The second kappa shape index (κ2) is 9.58. The zero-order valence-corrected chi connectivity index (χ0v) is 16.0. The quantitative estimate of drug-likeness (QED) is 0.620. The standard InChI is InChI=1S/C22H24N4O2/c1-28-21-10-6-5-9-20(21)24-22(27)19(15-23)17-26-13-11-25(12-14-26)16-18-7-3-2-4-8-18/h2-10,17H,11-14,16H2,1H3,(H,24,27)/b19-17-. The number of nitrogens with one attached hydrogen (secondary N) is 1. The van der Waals surface area contributed by atoms with Gasteiger partial charge >= 0.3 is 0 Å². The topological polar surface area (TPSA) is 68.6 Å². The molecule has 3 rings (SSSR count). The summed E-state index contributed by atoms with van der Waals surface area (Å²) >= 11 is 0. The van der Waals surface area contributed by atoms with Gasteiger partial charge in [-0.1, -0.05) is 42.5 Å². The highest BCUT2D eigenvalue weighted by molar-refractivity contribution is 6.07. The lowest BCUT2D eigenvalue weighted by molar-refractivity contribution is -0.112. The molecular formula is C22H24N4O2. The first kappa shape index (κ1) is 19.5. The molecule has 1 heterocycles. The molecule has 0 atom stereocenters. The van der Waals surface area contributed by atoms with Crippen LogP contribution in [0.1, 0.15) is 5.56 Å². The van der Waals surface area contributed by atoms with Crippen LogP contribution >= 0.6 is 0 Å². The highest BCUT2D eigenvalue weighted by Crippen LogP contribution is 2.23. The van der Waals surface area contributed by atoms with Gasteiger partial charge in [0.05, 0.1) is 12.8 Å². The lowest BCUT2D eigenvalue weighted by atomic mass is 10.2. The number of carbonyl (C=O) groups is 1. The number of hydrogen-bond acceptors (Lipinski definition) is 5. The van der Waals surface area contributed by atoms with Crippen molar-refractivity contribution in [2.75, 3.05) is 38.6 Å². The molecule has 2 aromatic carbocycles. The molecule has 1 fully saturated rings. The lowest BCUT2D eigenvalue weighted by Crippen LogP contribution is -2.43. The summed E-state index contributed by atoms with van der Waals surface area (Å²) in [6, 6.07) is 19.5. The van der Waals surface area contributed by atoms with E-state index in [1.165, 1.54) is 5.56 Å². The molecule has 0 spiro atoms. The van der Waals surface area contributed by atoms with Gasteiger partial charge in [0, 0.05) is 38.9 Å². The molecule has 0 aromatic heterocycles. The van der Waals surface area contributed by atoms with Gasteiger partial charge in [-0.05, 0) is 17.7 Å². The van der Waals surface area contributed by atoms with Crippen LogP contribution in [-0.2, 0) is 11.3 Å². The summed E-state index contributed by atoms with van der Waals surface area (Å²) in [7, 11) is 1.54. The summed E-state index contributed by atoms with van der Waals surface area (Å²) in [6.45, 7) is 4.24. The van der Waals surface area contributed by atoms with Crippen LogP contribution in [0.5, 0.6) is 5.75 Å². The maximum atomic E-state index is 12.5. The number of methoxy groups -OCH3 is 1. The Morgan fingerprint density at radius 1 is 1.11 bits per heavy atom. The van der Waals surface area contributed by atoms with Crippen molar-refractivity contribution in [1.82, 2.24) is 9.80 Å². The summed E-state index contributed by atoms with van der Waals surface area (Å²) in [4.78, 5) is 16.9. The van der Waals surface area contributed by atoms with Gasteiger partial charge in [0.2, 0.25) is 0 Å². The number of ether oxygens (including phenoxy) is 1. The molecule has 0 radical (unpaired) electrons. The number of nitrogens with zero attached hydrogens (tertiary/aromatic N) is 3. The Morgan fingerprint density at radius 2 is 1.79 bits per heavy atom. The van der Waals surface area contributed by atoms with E-state index >= 15 is 0 Å². The van der Waals surface area contributed by atoms with Gasteiger partial charge in [0.1, 0.15) is 17.4 Å². The van der Waals surface area contributed by atoms with Gasteiger partial charge in [-0.3, -0.25) is 9.69 Å². The molecule has 0 saturated carbocycles. The number of piperazine rings is 1. The summed E-state index contributed by atoms with van der Waals surface area (Å²) in [6.07, 6.45) is 1.66. The van der Waals surface area contributed by atoms with Gasteiger partial charge in [-0.25, -0.2) is 0 Å². The van der Waals surface area contributed by atoms with Crippen molar-refractivity contribution in [3.05, 3.63) is 71.9 Å². The van der Waals surface area contributed by atoms with E-state index in [1.54, 1.807) is 31.5 Å². The van der Waals surface area contributed by atoms with Crippen molar-refractivity contribution >= 4 is 11.6 Å². The Kier molecular flexibility index (Phi) is 6.66. The van der Waals surface area contributed by atoms with E-state index < -0.39 is 5.91 Å². The SMILES string of the molecule is COc1ccccc1NC(=O)/C(C#N)=C\N1CCN(Cc2ccccc2)CC1. The largest absolute Gasteiger partial charge is 0.495 e. The predicted octanol–water partition coefficient (Wildman–Crippen LogP) is 2.86. The Balaban J connectivity index is 1.57. The highest BCUT2D eigenvalue weighted by atomic mass is 16.5. The van der Waals surface area contributed by atoms with E-state index in [2.05, 4.69) is 22.3 Å². The van der Waals surface area contributed by atoms with Crippen molar-refractivity contribution in [3.8, 4) is 11.8 Å². The number of carbonyl (C=O) groups excluding carboxylic acids is 1. The molecule has 0 bridgehead atoms. The van der Waals surface area contributed by atoms with Crippen LogP contribution in [-0.4, -0.2) is 49.0 Å². The molecule has 1 aliphatic rings. The first-order chi connectivity index (χ1) is 13.7. The first-order valence-electron chi connectivity index (χ1n) is 9.26. The number of hydrogen-bond donors (Lipinski definition) is 1. The van der Waals surface area contributed by atoms with Gasteiger partial charge in [-0.2, -0.15) is 5.26 Å². The maximum Gasteiger partial charge on any atom is 0.267 e. The normalized spacial score (nSPS) is 15.0. The Hall–Kier alpha value is -3.30. The smallest absolute Gasteiger partial charge is 0.267 e. The fourth-order valence-corrected chi connectivity index (χ4v) is 3.15. The van der Waals surface area contributed by atoms with Crippen molar-refractivity contribution in [3.63, 3.8) is 0 Å². The van der Waals surface area contributed by atoms with Crippen molar-refractivity contribution < 1.29 is 9.53 Å². The van der Waals surface area contributed by atoms with Gasteiger partial charge in [-0.15, -0.1) is 0 Å². The molecule has 2 aromatic rings. The number of benzene rings is 2. The fourth-order valence-electron chi connectivity index (χ4n) is 3.15. The Bertz CT molecular complexity index is 866. The third-order valence-electron chi connectivity index (χ3n) is 4.69. The monoisotopic (exact) mass is 376 g/mol. The molecular weight excluding hydrogens is 352 g/mol. The molecule has 1 amide bonds. The summed E-state index contributed by atoms with van der Waals surface area (Å²) in [5.74, 6) is 0.126. The van der Waals surface area contributed by atoms with Crippen LogP contribution in [0.2, 0.25) is 0 Å². The third kappa shape index (κ3) is 5.12. The second-order valence-corrected chi connectivity index (χ2v) is 6.61. The minimum absolute atomic E-state index is 0.0856. The van der Waals surface area contributed by atoms with Crippen LogP contribution < -0.4 is 10.1 Å². The van der Waals surface area contributed by atoms with Crippen LogP contribution in [0.25, 0.3) is 0 Å². The minimum Gasteiger partial charge on any atom is -0.495 e. The van der Waals surface area contributed by atoms with Gasteiger partial charge in [0.25, 0.3) is 5.91 Å². The lowest BCUT2D eigenvalue weighted by Gasteiger charge is -2.34. The fraction of sp³-hybridized carbons (Fsp3) is 0.273. The van der Waals surface area contributed by atoms with E-state index in [-0.39, 0.29) is 5.57 Å². The molecule has 0 unspecified atom stereocenters. The van der Waals surface area contributed by atoms with Gasteiger partial charge < -0.3 is 15.0 Å². The molecule has 1 aliphatic heterocycles. The third-order valence-corrected chi connectivity index (χ3v) is 4.69. The van der Waals surface area contributed by atoms with Crippen LogP contribution in [0.3, 0.4) is 0 Å². The van der Waals surface area contributed by atoms with Crippen LogP contribution in [0.15, 0.2) is 66.4 Å². The molecule has 28 heavy (non-hydrogen) atoms. The molecule has 6 nitrogen and oxygen atoms in total. The summed E-state index contributed by atoms with van der Waals surface area (Å²) in [5.41, 5.74) is 1.92. The highest BCUT2D eigenvalue weighted by Gasteiger charge is 2.18. The van der Waals surface area contributed by atoms with Crippen molar-refractivity contribution in [2.45, 2.75) is 6.54 Å². The van der Waals surface area contributed by atoms with E-state index in [1.807, 2.05) is 35.2 Å². The van der Waals surface area contributed by atoms with Crippen molar-refractivity contribution in [1.29, 1.82) is 5.26 Å². The molecule has 0 aliphatic carbocycles. The van der Waals surface area contributed by atoms with E-state index in [9.17, 15) is 10.1 Å². The Morgan fingerprint density at radius 3 is 2.46 bits per heavy atom. The van der Waals surface area contributed by atoms with Crippen LogP contribution in [0, 0.1) is 11.3 Å². The minimum atomic E-state index is -0.432. The van der Waals surface area contributed by atoms with E-state index in [0.29, 0.717) is 11.4 Å². The van der Waals surface area contributed by atoms with Crippen molar-refractivity contribution in [2.24, 2.45) is 0 Å². The molecule has 144 valence electrons. The number of rotatable bonds is 6. The van der Waals surface area contributed by atoms with E-state index in [4.69, 9.17) is 4.74 Å². The Labute approximate surface area is 165 Å². The van der Waals surface area contributed by atoms with Crippen LogP contribution in [0.4, 0.5) is 5.69 Å². The average molecular weight is 376 g/mol. The van der Waals surface area contributed by atoms with E-state index in [0.717, 1.165) is 32.7 Å². The predicted molar refractivity (Wildman–Crippen MR) is 109 cm³/mol.